The smallest absolute Gasteiger partial charge is 0.307 e. The molecule has 1 rings (SSSR count). The number of nitrogens with two attached hydrogens (primary N) is 1. The van der Waals surface area contributed by atoms with Gasteiger partial charge in [-0.2, -0.15) is 0 Å². The van der Waals surface area contributed by atoms with Gasteiger partial charge in [-0.05, 0) is 0 Å². The number of benzene rings is 1. The van der Waals surface area contributed by atoms with Crippen LogP contribution < -0.4 is 19.9 Å². The van der Waals surface area contributed by atoms with Crippen molar-refractivity contribution in [2.24, 2.45) is 5.73 Å². The second-order valence-corrected chi connectivity index (χ2v) is 3.83. The Morgan fingerprint density at radius 3 is 2.00 bits per heavy atom. The fraction of sp³-hybridized carbons (Fsp3) is 0.462. The molecule has 6 nitrogen and oxygen atoms in total. The standard InChI is InChI=1S/C13H19NO5/c1-16-8-5-10(17-2)13(11(6-8)18-3)9(14)7-12(15)19-4/h5-6,9H,7,14H2,1-4H3/t9-/m1/s1. The molecule has 6 heteroatoms. The SMILES string of the molecule is COC(=O)C[C@@H](N)c1c(OC)cc(OC)cc1OC. The van der Waals surface area contributed by atoms with Gasteiger partial charge in [-0.1, -0.05) is 0 Å². The summed E-state index contributed by atoms with van der Waals surface area (Å²) in [7, 11) is 5.89. The average Bonchev–Trinajstić information content (AvgIpc) is 2.44. The molecule has 0 heterocycles. The van der Waals surface area contributed by atoms with E-state index in [2.05, 4.69) is 4.74 Å². The summed E-state index contributed by atoms with van der Waals surface area (Å²) in [4.78, 5) is 11.3. The first kappa shape index (κ1) is 15.1. The van der Waals surface area contributed by atoms with Gasteiger partial charge in [0.05, 0.1) is 40.4 Å². The van der Waals surface area contributed by atoms with E-state index in [1.54, 1.807) is 19.2 Å². The highest BCUT2D eigenvalue weighted by Gasteiger charge is 2.22. The Balaban J connectivity index is 3.19. The minimum absolute atomic E-state index is 0.0373. The van der Waals surface area contributed by atoms with Crippen molar-refractivity contribution in [2.45, 2.75) is 12.5 Å². The van der Waals surface area contributed by atoms with Crippen molar-refractivity contribution in [1.82, 2.24) is 0 Å². The third kappa shape index (κ3) is 3.51. The quantitative estimate of drug-likeness (QED) is 0.783. The van der Waals surface area contributed by atoms with Gasteiger partial charge in [-0.25, -0.2) is 0 Å². The molecule has 0 unspecified atom stereocenters. The summed E-state index contributed by atoms with van der Waals surface area (Å²) >= 11 is 0. The Labute approximate surface area is 112 Å². The summed E-state index contributed by atoms with van der Waals surface area (Å²) in [5.74, 6) is 1.20. The van der Waals surface area contributed by atoms with Crippen LogP contribution in [0.5, 0.6) is 17.2 Å². The van der Waals surface area contributed by atoms with Crippen LogP contribution in [0.4, 0.5) is 0 Å². The summed E-state index contributed by atoms with van der Waals surface area (Å²) in [6, 6.07) is 2.80. The fourth-order valence-corrected chi connectivity index (χ4v) is 1.76. The van der Waals surface area contributed by atoms with Crippen LogP contribution in [0, 0.1) is 0 Å². The zero-order valence-corrected chi connectivity index (χ0v) is 11.6. The number of hydrogen-bond acceptors (Lipinski definition) is 6. The Morgan fingerprint density at radius 1 is 1.11 bits per heavy atom. The predicted molar refractivity (Wildman–Crippen MR) is 69.7 cm³/mol. The van der Waals surface area contributed by atoms with Gasteiger partial charge in [0.2, 0.25) is 0 Å². The molecule has 0 bridgehead atoms. The topological polar surface area (TPSA) is 80.0 Å². The molecule has 0 aliphatic heterocycles. The van der Waals surface area contributed by atoms with Crippen molar-refractivity contribution in [3.05, 3.63) is 17.7 Å². The van der Waals surface area contributed by atoms with Gasteiger partial charge in [0, 0.05) is 18.2 Å². The van der Waals surface area contributed by atoms with Crippen LogP contribution >= 0.6 is 0 Å². The van der Waals surface area contributed by atoms with Crippen molar-refractivity contribution in [3.8, 4) is 17.2 Å². The van der Waals surface area contributed by atoms with Gasteiger partial charge in [-0.15, -0.1) is 0 Å². The summed E-state index contributed by atoms with van der Waals surface area (Å²) in [5, 5.41) is 0. The second kappa shape index (κ2) is 6.84. The summed E-state index contributed by atoms with van der Waals surface area (Å²) < 4.78 is 20.3. The van der Waals surface area contributed by atoms with E-state index in [0.29, 0.717) is 22.8 Å². The third-order valence-corrected chi connectivity index (χ3v) is 2.74. The average molecular weight is 269 g/mol. The normalized spacial score (nSPS) is 11.6. The van der Waals surface area contributed by atoms with Crippen LogP contribution in [0.2, 0.25) is 0 Å². The minimum Gasteiger partial charge on any atom is -0.496 e. The largest absolute Gasteiger partial charge is 0.496 e. The molecule has 0 aromatic heterocycles. The van der Waals surface area contributed by atoms with E-state index < -0.39 is 12.0 Å². The summed E-state index contributed by atoms with van der Waals surface area (Å²) in [6.45, 7) is 0. The highest BCUT2D eigenvalue weighted by molar-refractivity contribution is 5.71. The van der Waals surface area contributed by atoms with Gasteiger partial charge >= 0.3 is 5.97 Å². The van der Waals surface area contributed by atoms with E-state index in [4.69, 9.17) is 19.9 Å². The van der Waals surface area contributed by atoms with Crippen LogP contribution in [0.3, 0.4) is 0 Å². The van der Waals surface area contributed by atoms with Gasteiger partial charge in [0.1, 0.15) is 17.2 Å². The molecule has 0 amide bonds. The van der Waals surface area contributed by atoms with Crippen molar-refractivity contribution in [1.29, 1.82) is 0 Å². The highest BCUT2D eigenvalue weighted by atomic mass is 16.5. The number of carbonyl (C=O) groups excluding carboxylic acids is 1. The monoisotopic (exact) mass is 269 g/mol. The maximum atomic E-state index is 11.3. The molecular formula is C13H19NO5. The maximum Gasteiger partial charge on any atom is 0.307 e. The molecule has 1 atom stereocenters. The van der Waals surface area contributed by atoms with Gasteiger partial charge in [0.25, 0.3) is 0 Å². The van der Waals surface area contributed by atoms with Crippen LogP contribution in [0.15, 0.2) is 12.1 Å². The lowest BCUT2D eigenvalue weighted by atomic mass is 10.0. The second-order valence-electron chi connectivity index (χ2n) is 3.83. The Hall–Kier alpha value is -1.95. The van der Waals surface area contributed by atoms with Crippen molar-refractivity contribution >= 4 is 5.97 Å². The first-order chi connectivity index (χ1) is 9.07. The lowest BCUT2D eigenvalue weighted by Gasteiger charge is -2.19. The number of carbonyl (C=O) groups is 1. The minimum atomic E-state index is -0.580. The molecule has 2 N–H and O–H groups in total. The first-order valence-electron chi connectivity index (χ1n) is 5.69. The predicted octanol–water partition coefficient (Wildman–Crippen LogP) is 1.28. The van der Waals surface area contributed by atoms with Crippen molar-refractivity contribution < 1.29 is 23.7 Å². The molecule has 0 radical (unpaired) electrons. The molecule has 0 saturated heterocycles. The molecule has 0 aliphatic carbocycles. The van der Waals surface area contributed by atoms with E-state index in [0.717, 1.165) is 0 Å². The first-order valence-corrected chi connectivity index (χ1v) is 5.69. The van der Waals surface area contributed by atoms with Crippen molar-refractivity contribution in [3.63, 3.8) is 0 Å². The lowest BCUT2D eigenvalue weighted by molar-refractivity contribution is -0.141. The van der Waals surface area contributed by atoms with E-state index in [1.165, 1.54) is 21.3 Å². The molecule has 0 aliphatic rings. The zero-order valence-electron chi connectivity index (χ0n) is 11.6. The van der Waals surface area contributed by atoms with Crippen LogP contribution in [0.25, 0.3) is 0 Å². The molecular weight excluding hydrogens is 250 g/mol. The number of ether oxygens (including phenoxy) is 4. The van der Waals surface area contributed by atoms with E-state index >= 15 is 0 Å². The van der Waals surface area contributed by atoms with E-state index in [-0.39, 0.29) is 6.42 Å². The van der Waals surface area contributed by atoms with Gasteiger partial charge in [0.15, 0.2) is 0 Å². The molecule has 1 aromatic carbocycles. The number of hydrogen-bond donors (Lipinski definition) is 1. The van der Waals surface area contributed by atoms with Gasteiger partial charge in [-0.3, -0.25) is 4.79 Å². The fourth-order valence-electron chi connectivity index (χ4n) is 1.76. The van der Waals surface area contributed by atoms with E-state index in [9.17, 15) is 4.79 Å². The van der Waals surface area contributed by atoms with Crippen LogP contribution in [0.1, 0.15) is 18.0 Å². The Kier molecular flexibility index (Phi) is 5.44. The van der Waals surface area contributed by atoms with E-state index in [1.807, 2.05) is 0 Å². The number of methoxy groups -OCH3 is 4. The molecule has 1 aromatic rings. The highest BCUT2D eigenvalue weighted by Crippen LogP contribution is 2.38. The molecule has 106 valence electrons. The third-order valence-electron chi connectivity index (χ3n) is 2.74. The zero-order chi connectivity index (χ0) is 14.4. The number of esters is 1. The van der Waals surface area contributed by atoms with Crippen LogP contribution in [-0.4, -0.2) is 34.4 Å². The summed E-state index contributed by atoms with van der Waals surface area (Å²) in [6.07, 6.45) is 0.0373. The Bertz CT molecular complexity index is 422. The molecule has 0 spiro atoms. The summed E-state index contributed by atoms with van der Waals surface area (Å²) in [5.41, 5.74) is 6.62. The van der Waals surface area contributed by atoms with Crippen LogP contribution in [-0.2, 0) is 9.53 Å². The molecule has 0 saturated carbocycles. The molecule has 0 fully saturated rings. The van der Waals surface area contributed by atoms with Gasteiger partial charge < -0.3 is 24.7 Å². The Morgan fingerprint density at radius 2 is 1.63 bits per heavy atom. The maximum absolute atomic E-state index is 11.3. The number of rotatable bonds is 6. The lowest BCUT2D eigenvalue weighted by Crippen LogP contribution is -2.18. The molecule has 19 heavy (non-hydrogen) atoms. The van der Waals surface area contributed by atoms with Crippen molar-refractivity contribution in [2.75, 3.05) is 28.4 Å².